The molecule has 0 heterocycles. The van der Waals surface area contributed by atoms with Crippen LogP contribution in [0.5, 0.6) is 0 Å². The third kappa shape index (κ3) is 3.90. The van der Waals surface area contributed by atoms with Crippen LogP contribution in [0.1, 0.15) is 65.2 Å². The van der Waals surface area contributed by atoms with Crippen molar-refractivity contribution in [2.45, 2.75) is 73.1 Å². The number of rotatable bonds is 2. The molecular weight excluding hydrogens is 295 g/mol. The van der Waals surface area contributed by atoms with Crippen molar-refractivity contribution in [2.24, 2.45) is 11.8 Å². The first-order valence-corrected chi connectivity index (χ1v) is 9.35. The molecule has 0 atom stereocenters. The number of halogens is 1. The molecule has 2 rings (SSSR count). The average Bonchev–Trinajstić information content (AvgIpc) is 2.25. The Kier molecular flexibility index (Phi) is 4.78. The molecule has 1 heteroatoms. The molecule has 2 saturated carbocycles. The summed E-state index contributed by atoms with van der Waals surface area (Å²) in [4.78, 5) is 0. The van der Waals surface area contributed by atoms with Crippen LogP contribution in [0.3, 0.4) is 0 Å². The molecule has 0 aromatic rings. The zero-order valence-corrected chi connectivity index (χ0v) is 12.5. The van der Waals surface area contributed by atoms with E-state index in [-0.39, 0.29) is 0 Å². The van der Waals surface area contributed by atoms with E-state index < -0.39 is 0 Å². The second kappa shape index (κ2) is 5.88. The quantitative estimate of drug-likeness (QED) is 0.530. The van der Waals surface area contributed by atoms with Gasteiger partial charge in [0.15, 0.2) is 0 Å². The van der Waals surface area contributed by atoms with Crippen LogP contribution in [-0.4, -0.2) is 7.85 Å². The molecule has 2 fully saturated rings. The van der Waals surface area contributed by atoms with Gasteiger partial charge in [-0.25, -0.2) is 0 Å². The average molecular weight is 321 g/mol. The third-order valence-corrected chi connectivity index (χ3v) is 8.77. The molecule has 0 radical (unpaired) electrons. The molecule has 0 nitrogen and oxygen atoms in total. The van der Waals surface area contributed by atoms with Gasteiger partial charge in [-0.2, -0.15) is 0 Å². The Balaban J connectivity index is 1.68. The van der Waals surface area contributed by atoms with Crippen molar-refractivity contribution in [1.82, 2.24) is 0 Å². The molecule has 15 heavy (non-hydrogen) atoms. The van der Waals surface area contributed by atoms with Gasteiger partial charge in [-0.1, -0.05) is 0 Å². The molecule has 90 valence electrons. The van der Waals surface area contributed by atoms with Crippen molar-refractivity contribution in [3.63, 3.8) is 0 Å². The normalized spacial score (nSPS) is 43.1. The van der Waals surface area contributed by atoms with Gasteiger partial charge in [0.1, 0.15) is 0 Å². The predicted octanol–water partition coefficient (Wildman–Crippen LogP) is 1.23. The van der Waals surface area contributed by atoms with Crippen LogP contribution in [0, 0.1) is 11.8 Å². The molecule has 0 aromatic heterocycles. The van der Waals surface area contributed by atoms with E-state index in [1.807, 2.05) is 0 Å². The zero-order valence-electron chi connectivity index (χ0n) is 10.3. The fourth-order valence-electron chi connectivity index (χ4n) is 2.94. The number of alkyl halides is 2. The maximum atomic E-state index is 2.44. The first-order chi connectivity index (χ1) is 7.24. The van der Waals surface area contributed by atoms with Gasteiger partial charge < -0.3 is 0 Å². The van der Waals surface area contributed by atoms with Crippen LogP contribution in [-0.2, 0) is 0 Å². The van der Waals surface area contributed by atoms with E-state index in [1.165, 1.54) is 33.5 Å². The van der Waals surface area contributed by atoms with Crippen molar-refractivity contribution < 1.29 is 21.2 Å². The van der Waals surface area contributed by atoms with E-state index in [9.17, 15) is 0 Å². The first kappa shape index (κ1) is 12.2. The van der Waals surface area contributed by atoms with Gasteiger partial charge in [0.25, 0.3) is 0 Å². The van der Waals surface area contributed by atoms with Crippen LogP contribution in [0.25, 0.3) is 0 Å². The summed E-state index contributed by atoms with van der Waals surface area (Å²) in [5.41, 5.74) is 0. The summed E-state index contributed by atoms with van der Waals surface area (Å²) in [6.45, 7) is 4.88. The summed E-state index contributed by atoms with van der Waals surface area (Å²) in [6, 6.07) is 0. The van der Waals surface area contributed by atoms with Crippen LogP contribution in [0.15, 0.2) is 0 Å². The Morgan fingerprint density at radius 1 is 0.600 bits per heavy atom. The van der Waals surface area contributed by atoms with Gasteiger partial charge in [0.05, 0.1) is 0 Å². The number of hydrogen-bond donors (Lipinski definition) is 0. The van der Waals surface area contributed by atoms with E-state index in [4.69, 9.17) is 0 Å². The monoisotopic (exact) mass is 321 g/mol. The van der Waals surface area contributed by atoms with Gasteiger partial charge in [0, 0.05) is 0 Å². The summed E-state index contributed by atoms with van der Waals surface area (Å²) in [5.74, 6) is 2.08. The van der Waals surface area contributed by atoms with E-state index in [0.29, 0.717) is 21.2 Å². The van der Waals surface area contributed by atoms with Crippen molar-refractivity contribution in [3.05, 3.63) is 0 Å². The van der Waals surface area contributed by atoms with Crippen molar-refractivity contribution in [1.29, 1.82) is 0 Å². The number of hydrogen-bond acceptors (Lipinski definition) is 0. The maximum absolute atomic E-state index is 2.44. The first-order valence-electron chi connectivity index (χ1n) is 6.86. The van der Waals surface area contributed by atoms with Crippen molar-refractivity contribution in [2.75, 3.05) is 0 Å². The molecule has 0 N–H and O–H groups in total. The van der Waals surface area contributed by atoms with E-state index in [2.05, 4.69) is 13.8 Å². The second-order valence-corrected chi connectivity index (χ2v) is 10.1. The topological polar surface area (TPSA) is 0 Å². The standard InChI is InChI=1S/C14H26I/c1-11-3-7-13(8-4-11)15-14-9-5-12(2)6-10-14/h11-14H,3-10H2,1-2H3/q-1. The van der Waals surface area contributed by atoms with Gasteiger partial charge in [-0.15, -0.1) is 0 Å². The molecule has 0 unspecified atom stereocenters. The fourth-order valence-corrected chi connectivity index (χ4v) is 7.26. The predicted molar refractivity (Wildman–Crippen MR) is 62.8 cm³/mol. The zero-order chi connectivity index (χ0) is 10.7. The van der Waals surface area contributed by atoms with E-state index >= 15 is 0 Å². The molecule has 0 aromatic carbocycles. The van der Waals surface area contributed by atoms with Crippen molar-refractivity contribution >= 4 is 0 Å². The van der Waals surface area contributed by atoms with Gasteiger partial charge >= 0.3 is 106 Å². The summed E-state index contributed by atoms with van der Waals surface area (Å²) in [6.07, 6.45) is 12.5. The Morgan fingerprint density at radius 3 is 1.27 bits per heavy atom. The SMILES string of the molecule is CC1CCC([I-]C2CCC(C)CC2)CC1. The molecule has 2 aliphatic carbocycles. The Bertz CT molecular complexity index is 154. The van der Waals surface area contributed by atoms with Crippen LogP contribution in [0.2, 0.25) is 0 Å². The van der Waals surface area contributed by atoms with Gasteiger partial charge in [-0.05, 0) is 0 Å². The van der Waals surface area contributed by atoms with Crippen LogP contribution >= 0.6 is 0 Å². The van der Waals surface area contributed by atoms with E-state index in [0.717, 1.165) is 11.8 Å². The van der Waals surface area contributed by atoms with Gasteiger partial charge in [0.2, 0.25) is 0 Å². The molecule has 2 aliphatic rings. The summed E-state index contributed by atoms with van der Waals surface area (Å²) in [7, 11) is 0. The molecule has 0 spiro atoms. The molecule has 0 bridgehead atoms. The molecule has 0 aliphatic heterocycles. The van der Waals surface area contributed by atoms with Gasteiger partial charge in [-0.3, -0.25) is 0 Å². The molecular formula is C14H26I-. The molecule has 0 saturated heterocycles. The summed E-state index contributed by atoms with van der Waals surface area (Å²) < 4.78 is 2.41. The van der Waals surface area contributed by atoms with E-state index in [1.54, 1.807) is 25.7 Å². The minimum absolute atomic E-state index is 0.544. The summed E-state index contributed by atoms with van der Waals surface area (Å²) in [5, 5.41) is 0. The Labute approximate surface area is 106 Å². The Morgan fingerprint density at radius 2 is 0.933 bits per heavy atom. The second-order valence-electron chi connectivity index (χ2n) is 5.84. The minimum atomic E-state index is 0.544. The van der Waals surface area contributed by atoms with Crippen molar-refractivity contribution in [3.8, 4) is 0 Å². The molecule has 0 amide bonds. The van der Waals surface area contributed by atoms with Crippen LogP contribution < -0.4 is 21.2 Å². The summed E-state index contributed by atoms with van der Waals surface area (Å²) >= 11 is 0.544. The fraction of sp³-hybridized carbons (Fsp3) is 1.00. The van der Waals surface area contributed by atoms with Crippen LogP contribution in [0.4, 0.5) is 0 Å². The Hall–Kier alpha value is 0.730. The third-order valence-electron chi connectivity index (χ3n) is 4.25.